The standard InChI is InChI=1S/C12H14F3N3/c1-17-5-6-18(2)10-3-4-11(12(13,14)15)9(7-10)8-16/h3-4,7,17H,5-6H2,1-2H3. The molecule has 6 heteroatoms. The van der Waals surface area contributed by atoms with Crippen LogP contribution >= 0.6 is 0 Å². The number of hydrogen-bond donors (Lipinski definition) is 1. The average Bonchev–Trinajstić information content (AvgIpc) is 2.33. The number of rotatable bonds is 4. The van der Waals surface area contributed by atoms with Gasteiger partial charge in [0.2, 0.25) is 0 Å². The number of hydrogen-bond acceptors (Lipinski definition) is 3. The van der Waals surface area contributed by atoms with E-state index in [1.165, 1.54) is 12.1 Å². The molecule has 0 aliphatic carbocycles. The topological polar surface area (TPSA) is 39.1 Å². The SMILES string of the molecule is CNCCN(C)c1ccc(C(F)(F)F)c(C#N)c1. The van der Waals surface area contributed by atoms with Gasteiger partial charge in [-0.2, -0.15) is 18.4 Å². The molecular formula is C12H14F3N3. The predicted octanol–water partition coefficient (Wildman–Crippen LogP) is 2.23. The van der Waals surface area contributed by atoms with Crippen LogP contribution in [0.15, 0.2) is 18.2 Å². The first-order valence-corrected chi connectivity index (χ1v) is 5.37. The molecule has 0 atom stereocenters. The summed E-state index contributed by atoms with van der Waals surface area (Å²) < 4.78 is 37.8. The van der Waals surface area contributed by atoms with Gasteiger partial charge in [0, 0.05) is 25.8 Å². The van der Waals surface area contributed by atoms with E-state index in [2.05, 4.69) is 5.32 Å². The minimum atomic E-state index is -4.49. The number of nitriles is 1. The molecule has 18 heavy (non-hydrogen) atoms. The van der Waals surface area contributed by atoms with Crippen molar-refractivity contribution in [2.24, 2.45) is 0 Å². The molecule has 0 fully saturated rings. The minimum Gasteiger partial charge on any atom is -0.373 e. The molecule has 0 bridgehead atoms. The Hall–Kier alpha value is -1.74. The van der Waals surface area contributed by atoms with Gasteiger partial charge in [-0.15, -0.1) is 0 Å². The van der Waals surface area contributed by atoms with Gasteiger partial charge in [0.25, 0.3) is 0 Å². The first kappa shape index (κ1) is 14.3. The summed E-state index contributed by atoms with van der Waals surface area (Å²) >= 11 is 0. The van der Waals surface area contributed by atoms with Crippen molar-refractivity contribution in [3.8, 4) is 6.07 Å². The summed E-state index contributed by atoms with van der Waals surface area (Å²) in [6.45, 7) is 1.35. The van der Waals surface area contributed by atoms with Crippen LogP contribution in [0, 0.1) is 11.3 Å². The lowest BCUT2D eigenvalue weighted by Gasteiger charge is -2.20. The van der Waals surface area contributed by atoms with Crippen LogP contribution in [0.5, 0.6) is 0 Å². The quantitative estimate of drug-likeness (QED) is 0.899. The normalized spacial score (nSPS) is 11.1. The summed E-state index contributed by atoms with van der Waals surface area (Å²) in [6, 6.07) is 5.18. The third-order valence-corrected chi connectivity index (χ3v) is 2.57. The molecular weight excluding hydrogens is 243 g/mol. The van der Waals surface area contributed by atoms with Gasteiger partial charge in [-0.3, -0.25) is 0 Å². The number of halogens is 3. The molecule has 3 nitrogen and oxygen atoms in total. The van der Waals surface area contributed by atoms with E-state index in [9.17, 15) is 13.2 Å². The maximum Gasteiger partial charge on any atom is 0.417 e. The molecule has 1 N–H and O–H groups in total. The van der Waals surface area contributed by atoms with Crippen molar-refractivity contribution in [3.63, 3.8) is 0 Å². The summed E-state index contributed by atoms with van der Waals surface area (Å²) in [4.78, 5) is 1.79. The summed E-state index contributed by atoms with van der Waals surface area (Å²) in [5.74, 6) is 0. The summed E-state index contributed by atoms with van der Waals surface area (Å²) in [7, 11) is 3.56. The summed E-state index contributed by atoms with van der Waals surface area (Å²) in [5.41, 5.74) is -0.651. The van der Waals surface area contributed by atoms with E-state index >= 15 is 0 Å². The van der Waals surface area contributed by atoms with Crippen molar-refractivity contribution in [2.75, 3.05) is 32.1 Å². The Kier molecular flexibility index (Phi) is 4.56. The first-order chi connectivity index (χ1) is 8.40. The lowest BCUT2D eigenvalue weighted by atomic mass is 10.1. The molecule has 0 saturated heterocycles. The van der Waals surface area contributed by atoms with E-state index in [1.807, 2.05) is 0 Å². The van der Waals surface area contributed by atoms with Crippen LogP contribution in [0.3, 0.4) is 0 Å². The number of nitrogens with zero attached hydrogens (tertiary/aromatic N) is 2. The van der Waals surface area contributed by atoms with E-state index in [4.69, 9.17) is 5.26 Å². The van der Waals surface area contributed by atoms with E-state index < -0.39 is 11.7 Å². The number of alkyl halides is 3. The summed E-state index contributed by atoms with van der Waals surface area (Å²) in [6.07, 6.45) is -4.49. The van der Waals surface area contributed by atoms with Crippen molar-refractivity contribution in [1.82, 2.24) is 5.32 Å². The highest BCUT2D eigenvalue weighted by Gasteiger charge is 2.33. The van der Waals surface area contributed by atoms with Crippen LogP contribution in [0.4, 0.5) is 18.9 Å². The van der Waals surface area contributed by atoms with Crippen molar-refractivity contribution in [3.05, 3.63) is 29.3 Å². The zero-order valence-electron chi connectivity index (χ0n) is 10.2. The van der Waals surface area contributed by atoms with Gasteiger partial charge in [-0.25, -0.2) is 0 Å². The Morgan fingerprint density at radius 2 is 2.06 bits per heavy atom. The smallest absolute Gasteiger partial charge is 0.373 e. The average molecular weight is 257 g/mol. The monoisotopic (exact) mass is 257 g/mol. The van der Waals surface area contributed by atoms with Gasteiger partial charge >= 0.3 is 6.18 Å². The van der Waals surface area contributed by atoms with Crippen molar-refractivity contribution in [2.45, 2.75) is 6.18 Å². The number of nitrogens with one attached hydrogen (secondary N) is 1. The third kappa shape index (κ3) is 3.37. The highest BCUT2D eigenvalue weighted by molar-refractivity contribution is 5.54. The summed E-state index contributed by atoms with van der Waals surface area (Å²) in [5, 5.41) is 11.7. The molecule has 0 aliphatic heterocycles. The van der Waals surface area contributed by atoms with Crippen LogP contribution in [0.2, 0.25) is 0 Å². The molecule has 1 aromatic carbocycles. The molecule has 0 saturated carbocycles. The van der Waals surface area contributed by atoms with Gasteiger partial charge in [-0.1, -0.05) is 0 Å². The van der Waals surface area contributed by atoms with Gasteiger partial charge in [0.05, 0.1) is 17.2 Å². The van der Waals surface area contributed by atoms with Gasteiger partial charge in [0.15, 0.2) is 0 Å². The molecule has 1 rings (SSSR count). The molecule has 0 spiro atoms. The fourth-order valence-electron chi connectivity index (χ4n) is 1.52. The lowest BCUT2D eigenvalue weighted by Crippen LogP contribution is -2.27. The predicted molar refractivity (Wildman–Crippen MR) is 63.4 cm³/mol. The van der Waals surface area contributed by atoms with E-state index in [0.717, 1.165) is 6.07 Å². The zero-order valence-corrected chi connectivity index (χ0v) is 10.2. The highest BCUT2D eigenvalue weighted by atomic mass is 19.4. The van der Waals surface area contributed by atoms with Crippen molar-refractivity contribution < 1.29 is 13.2 Å². The van der Waals surface area contributed by atoms with Crippen molar-refractivity contribution >= 4 is 5.69 Å². The first-order valence-electron chi connectivity index (χ1n) is 5.37. The van der Waals surface area contributed by atoms with Crippen LogP contribution in [0.25, 0.3) is 0 Å². The minimum absolute atomic E-state index is 0.351. The molecule has 0 aliphatic rings. The molecule has 98 valence electrons. The number of benzene rings is 1. The fourth-order valence-corrected chi connectivity index (χ4v) is 1.52. The van der Waals surface area contributed by atoms with E-state index in [-0.39, 0.29) is 5.56 Å². The molecule has 1 aromatic rings. The van der Waals surface area contributed by atoms with Crippen LogP contribution < -0.4 is 10.2 Å². The van der Waals surface area contributed by atoms with E-state index in [0.29, 0.717) is 18.8 Å². The van der Waals surface area contributed by atoms with Crippen LogP contribution in [-0.2, 0) is 6.18 Å². The maximum atomic E-state index is 12.6. The maximum absolute atomic E-state index is 12.6. The second-order valence-electron chi connectivity index (χ2n) is 3.86. The second kappa shape index (κ2) is 5.74. The molecule has 0 unspecified atom stereocenters. The highest BCUT2D eigenvalue weighted by Crippen LogP contribution is 2.33. The Balaban J connectivity index is 3.03. The Bertz CT molecular complexity index is 449. The Labute approximate surface area is 104 Å². The zero-order chi connectivity index (χ0) is 13.8. The molecule has 0 amide bonds. The van der Waals surface area contributed by atoms with Crippen molar-refractivity contribution in [1.29, 1.82) is 5.26 Å². The van der Waals surface area contributed by atoms with Gasteiger partial charge in [-0.05, 0) is 25.2 Å². The van der Waals surface area contributed by atoms with E-state index in [1.54, 1.807) is 25.1 Å². The fraction of sp³-hybridized carbons (Fsp3) is 0.417. The molecule has 0 heterocycles. The Morgan fingerprint density at radius 1 is 1.39 bits per heavy atom. The largest absolute Gasteiger partial charge is 0.417 e. The van der Waals surface area contributed by atoms with Gasteiger partial charge in [0.1, 0.15) is 0 Å². The lowest BCUT2D eigenvalue weighted by molar-refractivity contribution is -0.137. The van der Waals surface area contributed by atoms with Crippen LogP contribution in [-0.4, -0.2) is 27.2 Å². The Morgan fingerprint density at radius 3 is 2.56 bits per heavy atom. The van der Waals surface area contributed by atoms with Gasteiger partial charge < -0.3 is 10.2 Å². The number of likely N-dealkylation sites (N-methyl/N-ethyl adjacent to an activating group) is 2. The molecule has 0 aromatic heterocycles. The number of anilines is 1. The molecule has 0 radical (unpaired) electrons. The third-order valence-electron chi connectivity index (χ3n) is 2.57. The second-order valence-corrected chi connectivity index (χ2v) is 3.86. The van der Waals surface area contributed by atoms with Crippen LogP contribution in [0.1, 0.15) is 11.1 Å².